The Hall–Kier alpha value is -3.98. The van der Waals surface area contributed by atoms with E-state index >= 15 is 0 Å². The van der Waals surface area contributed by atoms with Crippen LogP contribution >= 0.6 is 0 Å². The summed E-state index contributed by atoms with van der Waals surface area (Å²) in [5.74, 6) is 0.834. The molecule has 3 aromatic rings. The first-order valence-electron chi connectivity index (χ1n) is 10.3. The van der Waals surface area contributed by atoms with E-state index in [9.17, 15) is 13.2 Å². The zero-order chi connectivity index (χ0) is 24.6. The van der Waals surface area contributed by atoms with Crippen LogP contribution in [0.15, 0.2) is 90.3 Å². The number of carbonyl (C=O) groups is 1. The van der Waals surface area contributed by atoms with E-state index in [2.05, 4.69) is 11.9 Å². The third kappa shape index (κ3) is 5.87. The van der Waals surface area contributed by atoms with Gasteiger partial charge in [0.05, 0.1) is 24.8 Å². The third-order valence-corrected chi connectivity index (χ3v) is 6.55. The standard InChI is InChI=1S/C25H26N2O6S/c1-4-16-33-21-9-7-8-19(17-21)26-25(28)18-27(23-10-5-6-11-24(23)32-3)34(29,30)22-14-12-20(31-2)13-15-22/h4-15,17H,1,16,18H2,2-3H3,(H,26,28). The maximum absolute atomic E-state index is 13.6. The number of hydrogen-bond donors (Lipinski definition) is 1. The van der Waals surface area contributed by atoms with Gasteiger partial charge in [-0.1, -0.05) is 30.9 Å². The van der Waals surface area contributed by atoms with Crippen molar-refractivity contribution in [1.29, 1.82) is 0 Å². The number of anilines is 2. The van der Waals surface area contributed by atoms with Crippen molar-refractivity contribution in [3.63, 3.8) is 0 Å². The van der Waals surface area contributed by atoms with Gasteiger partial charge in [-0.15, -0.1) is 0 Å². The van der Waals surface area contributed by atoms with Gasteiger partial charge >= 0.3 is 0 Å². The molecule has 0 radical (unpaired) electrons. The minimum absolute atomic E-state index is 0.00632. The van der Waals surface area contributed by atoms with Gasteiger partial charge in [0.2, 0.25) is 5.91 Å². The van der Waals surface area contributed by atoms with Gasteiger partial charge in [-0.3, -0.25) is 9.10 Å². The molecule has 0 unspecified atom stereocenters. The molecule has 34 heavy (non-hydrogen) atoms. The lowest BCUT2D eigenvalue weighted by Crippen LogP contribution is -2.38. The largest absolute Gasteiger partial charge is 0.497 e. The van der Waals surface area contributed by atoms with Crippen LogP contribution in [-0.4, -0.2) is 41.7 Å². The van der Waals surface area contributed by atoms with Gasteiger partial charge in [0, 0.05) is 11.8 Å². The van der Waals surface area contributed by atoms with Gasteiger partial charge < -0.3 is 19.5 Å². The maximum Gasteiger partial charge on any atom is 0.264 e. The zero-order valence-electron chi connectivity index (χ0n) is 18.9. The number of methoxy groups -OCH3 is 2. The highest BCUT2D eigenvalue weighted by molar-refractivity contribution is 7.92. The molecule has 0 saturated carbocycles. The fourth-order valence-electron chi connectivity index (χ4n) is 3.16. The van der Waals surface area contributed by atoms with E-state index in [1.54, 1.807) is 66.7 Å². The molecular weight excluding hydrogens is 456 g/mol. The lowest BCUT2D eigenvalue weighted by atomic mass is 10.3. The Balaban J connectivity index is 1.93. The number of amides is 1. The van der Waals surface area contributed by atoms with Crippen molar-refractivity contribution >= 4 is 27.3 Å². The highest BCUT2D eigenvalue weighted by Crippen LogP contribution is 2.32. The molecule has 0 atom stereocenters. The van der Waals surface area contributed by atoms with Crippen molar-refractivity contribution in [2.45, 2.75) is 4.90 Å². The molecule has 0 aliphatic carbocycles. The van der Waals surface area contributed by atoms with Crippen LogP contribution in [0.5, 0.6) is 17.2 Å². The fourth-order valence-corrected chi connectivity index (χ4v) is 4.59. The molecule has 9 heteroatoms. The quantitative estimate of drug-likeness (QED) is 0.414. The second-order valence-corrected chi connectivity index (χ2v) is 8.90. The molecule has 0 saturated heterocycles. The van der Waals surface area contributed by atoms with Crippen LogP contribution in [0.25, 0.3) is 0 Å². The number of nitrogens with zero attached hydrogens (tertiary/aromatic N) is 1. The van der Waals surface area contributed by atoms with Gasteiger partial charge in [0.25, 0.3) is 10.0 Å². The summed E-state index contributed by atoms with van der Waals surface area (Å²) in [5.41, 5.74) is 0.701. The smallest absolute Gasteiger partial charge is 0.264 e. The van der Waals surface area contributed by atoms with Crippen LogP contribution < -0.4 is 23.8 Å². The Morgan fingerprint density at radius 1 is 0.971 bits per heavy atom. The van der Waals surface area contributed by atoms with Gasteiger partial charge in [-0.2, -0.15) is 0 Å². The Bertz CT molecular complexity index is 1240. The summed E-state index contributed by atoms with van der Waals surface area (Å²) in [6.45, 7) is 3.44. The number of hydrogen-bond acceptors (Lipinski definition) is 6. The molecule has 0 spiro atoms. The van der Waals surface area contributed by atoms with Crippen LogP contribution in [0.3, 0.4) is 0 Å². The Labute approximate surface area is 199 Å². The predicted molar refractivity (Wildman–Crippen MR) is 131 cm³/mol. The average molecular weight is 483 g/mol. The summed E-state index contributed by atoms with van der Waals surface area (Å²) < 4.78 is 44.1. The Kier molecular flexibility index (Phi) is 8.15. The van der Waals surface area contributed by atoms with E-state index in [1.807, 2.05) is 0 Å². The van der Waals surface area contributed by atoms with Crippen LogP contribution in [0.2, 0.25) is 0 Å². The van der Waals surface area contributed by atoms with E-state index in [0.29, 0.717) is 29.5 Å². The molecule has 0 aromatic heterocycles. The SMILES string of the molecule is C=CCOc1cccc(NC(=O)CN(c2ccccc2OC)S(=O)(=O)c2ccc(OC)cc2)c1. The van der Waals surface area contributed by atoms with Crippen molar-refractivity contribution in [3.05, 3.63) is 85.5 Å². The highest BCUT2D eigenvalue weighted by Gasteiger charge is 2.29. The lowest BCUT2D eigenvalue weighted by molar-refractivity contribution is -0.114. The van der Waals surface area contributed by atoms with Crippen LogP contribution in [0, 0.1) is 0 Å². The molecule has 1 N–H and O–H groups in total. The molecular formula is C25H26N2O6S. The first kappa shape index (κ1) is 24.7. The van der Waals surface area contributed by atoms with Gasteiger partial charge in [0.15, 0.2) is 0 Å². The van der Waals surface area contributed by atoms with Crippen molar-refractivity contribution in [2.75, 3.05) is 37.0 Å². The van der Waals surface area contributed by atoms with E-state index in [-0.39, 0.29) is 10.6 Å². The first-order chi connectivity index (χ1) is 16.4. The fraction of sp³-hybridized carbons (Fsp3) is 0.160. The number of nitrogens with one attached hydrogen (secondary N) is 1. The van der Waals surface area contributed by atoms with E-state index < -0.39 is 22.5 Å². The predicted octanol–water partition coefficient (Wildman–Crippen LogP) is 4.10. The maximum atomic E-state index is 13.6. The average Bonchev–Trinajstić information content (AvgIpc) is 2.86. The summed E-state index contributed by atoms with van der Waals surface area (Å²) in [5, 5.41) is 2.73. The minimum atomic E-state index is -4.12. The number of sulfonamides is 1. The second kappa shape index (κ2) is 11.2. The monoisotopic (exact) mass is 482 g/mol. The minimum Gasteiger partial charge on any atom is -0.497 e. The molecule has 0 aliphatic heterocycles. The van der Waals surface area contributed by atoms with Gasteiger partial charge in [-0.05, 0) is 48.5 Å². The normalized spacial score (nSPS) is 10.8. The molecule has 178 valence electrons. The number of para-hydroxylation sites is 2. The highest BCUT2D eigenvalue weighted by atomic mass is 32.2. The van der Waals surface area contributed by atoms with Crippen molar-refractivity contribution in [2.24, 2.45) is 0 Å². The van der Waals surface area contributed by atoms with Crippen molar-refractivity contribution in [3.8, 4) is 17.2 Å². The first-order valence-corrected chi connectivity index (χ1v) is 11.8. The zero-order valence-corrected chi connectivity index (χ0v) is 19.7. The van der Waals surface area contributed by atoms with Gasteiger partial charge in [-0.25, -0.2) is 8.42 Å². The summed E-state index contributed by atoms with van der Waals surface area (Å²) in [6, 6.07) is 19.3. The molecule has 0 bridgehead atoms. The number of carbonyl (C=O) groups excluding carboxylic acids is 1. The van der Waals surface area contributed by atoms with Crippen LogP contribution in [-0.2, 0) is 14.8 Å². The number of benzene rings is 3. The van der Waals surface area contributed by atoms with Crippen LogP contribution in [0.1, 0.15) is 0 Å². The number of ether oxygens (including phenoxy) is 3. The second-order valence-electron chi connectivity index (χ2n) is 7.03. The van der Waals surface area contributed by atoms with Crippen molar-refractivity contribution < 1.29 is 27.4 Å². The van der Waals surface area contributed by atoms with E-state index in [4.69, 9.17) is 14.2 Å². The molecule has 3 rings (SSSR count). The molecule has 1 amide bonds. The summed E-state index contributed by atoms with van der Waals surface area (Å²) in [7, 11) is -1.19. The summed E-state index contributed by atoms with van der Waals surface area (Å²) >= 11 is 0. The summed E-state index contributed by atoms with van der Waals surface area (Å²) in [6.07, 6.45) is 1.61. The number of rotatable bonds is 11. The topological polar surface area (TPSA) is 94.2 Å². The van der Waals surface area contributed by atoms with Crippen molar-refractivity contribution in [1.82, 2.24) is 0 Å². The molecule has 0 heterocycles. The third-order valence-electron chi connectivity index (χ3n) is 4.77. The summed E-state index contributed by atoms with van der Waals surface area (Å²) in [4.78, 5) is 13.0. The molecule has 3 aromatic carbocycles. The Morgan fingerprint density at radius 2 is 1.71 bits per heavy atom. The van der Waals surface area contributed by atoms with E-state index in [1.165, 1.54) is 26.4 Å². The van der Waals surface area contributed by atoms with Gasteiger partial charge in [0.1, 0.15) is 30.4 Å². The van der Waals surface area contributed by atoms with E-state index in [0.717, 1.165) is 4.31 Å². The molecule has 0 aliphatic rings. The lowest BCUT2D eigenvalue weighted by Gasteiger charge is -2.25. The molecule has 8 nitrogen and oxygen atoms in total. The molecule has 0 fully saturated rings. The Morgan fingerprint density at radius 3 is 2.38 bits per heavy atom. The van der Waals surface area contributed by atoms with Crippen LogP contribution in [0.4, 0.5) is 11.4 Å².